The van der Waals surface area contributed by atoms with E-state index in [9.17, 15) is 19.4 Å². The van der Waals surface area contributed by atoms with E-state index >= 15 is 0 Å². The third kappa shape index (κ3) is 5.59. The molecule has 0 saturated carbocycles. The van der Waals surface area contributed by atoms with Crippen LogP contribution >= 0.6 is 11.6 Å². The van der Waals surface area contributed by atoms with Crippen molar-refractivity contribution in [2.75, 3.05) is 38.7 Å². The van der Waals surface area contributed by atoms with Gasteiger partial charge < -0.3 is 15.5 Å². The molecule has 7 heteroatoms. The minimum absolute atomic E-state index is 0.00153. The molecule has 0 spiro atoms. The van der Waals surface area contributed by atoms with Gasteiger partial charge in [-0.05, 0) is 25.2 Å². The van der Waals surface area contributed by atoms with Crippen LogP contribution in [-0.4, -0.2) is 54.4 Å². The van der Waals surface area contributed by atoms with Crippen LogP contribution in [0.1, 0.15) is 6.92 Å². The number of halogens is 2. The molecule has 0 aliphatic heterocycles. The van der Waals surface area contributed by atoms with E-state index in [1.807, 2.05) is 0 Å². The third-order valence-corrected chi connectivity index (χ3v) is 3.27. The van der Waals surface area contributed by atoms with Gasteiger partial charge in [0.25, 0.3) is 0 Å². The summed E-state index contributed by atoms with van der Waals surface area (Å²) in [5, 5.41) is 21.2. The second kappa shape index (κ2) is 7.70. The number of benzene rings is 1. The van der Waals surface area contributed by atoms with Crippen LogP contribution in [0.2, 0.25) is 5.02 Å². The van der Waals surface area contributed by atoms with Gasteiger partial charge in [0.05, 0.1) is 25.4 Å². The molecule has 3 N–H and O–H groups in total. The molecule has 0 atom stereocenters. The quantitative estimate of drug-likeness (QED) is 0.709. The molecule has 0 bridgehead atoms. The zero-order valence-electron chi connectivity index (χ0n) is 12.1. The molecule has 1 amide bonds. The normalized spacial score (nSPS) is 11.8. The second-order valence-electron chi connectivity index (χ2n) is 5.47. The molecule has 0 radical (unpaired) electrons. The fourth-order valence-corrected chi connectivity index (χ4v) is 2.06. The highest BCUT2D eigenvalue weighted by Gasteiger charge is 2.25. The molecule has 0 saturated heterocycles. The zero-order chi connectivity index (χ0) is 16.0. The van der Waals surface area contributed by atoms with E-state index in [0.717, 1.165) is 0 Å². The lowest BCUT2D eigenvalue weighted by Gasteiger charge is -2.29. The highest BCUT2D eigenvalue weighted by Crippen LogP contribution is 2.20. The molecular formula is C14H20ClFN2O3. The van der Waals surface area contributed by atoms with Crippen molar-refractivity contribution in [1.82, 2.24) is 4.90 Å². The second-order valence-corrected chi connectivity index (χ2v) is 5.91. The number of rotatable bonds is 7. The third-order valence-electron chi connectivity index (χ3n) is 3.03. The topological polar surface area (TPSA) is 72.8 Å². The molecule has 1 aromatic rings. The summed E-state index contributed by atoms with van der Waals surface area (Å²) in [6.07, 6.45) is 0. The molecule has 21 heavy (non-hydrogen) atoms. The smallest absolute Gasteiger partial charge is 0.238 e. The van der Waals surface area contributed by atoms with E-state index in [1.54, 1.807) is 18.9 Å². The minimum atomic E-state index is -0.698. The van der Waals surface area contributed by atoms with Crippen molar-refractivity contribution >= 4 is 23.2 Å². The molecule has 5 nitrogen and oxygen atoms in total. The van der Waals surface area contributed by atoms with Gasteiger partial charge in [-0.15, -0.1) is 0 Å². The largest absolute Gasteiger partial charge is 0.396 e. The first-order valence-electron chi connectivity index (χ1n) is 6.45. The Kier molecular flexibility index (Phi) is 6.54. The Morgan fingerprint density at radius 3 is 2.62 bits per heavy atom. The predicted molar refractivity (Wildman–Crippen MR) is 79.8 cm³/mol. The number of likely N-dealkylation sites (N-methyl/N-ethyl adjacent to an activating group) is 1. The summed E-state index contributed by atoms with van der Waals surface area (Å²) in [4.78, 5) is 13.5. The van der Waals surface area contributed by atoms with Gasteiger partial charge in [0.1, 0.15) is 5.82 Å². The maximum absolute atomic E-state index is 13.5. The lowest BCUT2D eigenvalue weighted by atomic mass is 9.92. The van der Waals surface area contributed by atoms with Crippen LogP contribution in [0.4, 0.5) is 10.1 Å². The van der Waals surface area contributed by atoms with Gasteiger partial charge in [0.15, 0.2) is 0 Å². The Hall–Kier alpha value is -1.21. The van der Waals surface area contributed by atoms with Crippen LogP contribution in [0.15, 0.2) is 18.2 Å². The van der Waals surface area contributed by atoms with Gasteiger partial charge in [0, 0.05) is 17.0 Å². The first kappa shape index (κ1) is 17.8. The fourth-order valence-electron chi connectivity index (χ4n) is 1.89. The van der Waals surface area contributed by atoms with Crippen LogP contribution < -0.4 is 5.32 Å². The maximum Gasteiger partial charge on any atom is 0.238 e. The number of carbonyl (C=O) groups is 1. The van der Waals surface area contributed by atoms with Crippen LogP contribution in [0.5, 0.6) is 0 Å². The van der Waals surface area contributed by atoms with Crippen LogP contribution in [-0.2, 0) is 4.79 Å². The zero-order valence-corrected chi connectivity index (χ0v) is 12.8. The average molecular weight is 319 g/mol. The van der Waals surface area contributed by atoms with Crippen molar-refractivity contribution in [2.24, 2.45) is 5.41 Å². The van der Waals surface area contributed by atoms with Gasteiger partial charge in [-0.25, -0.2) is 4.39 Å². The number of carbonyl (C=O) groups excluding carboxylic acids is 1. The summed E-state index contributed by atoms with van der Waals surface area (Å²) < 4.78 is 13.5. The Balaban J connectivity index is 2.59. The first-order chi connectivity index (χ1) is 9.79. The lowest BCUT2D eigenvalue weighted by Crippen LogP contribution is -2.42. The highest BCUT2D eigenvalue weighted by atomic mass is 35.5. The number of anilines is 1. The van der Waals surface area contributed by atoms with E-state index in [4.69, 9.17) is 11.6 Å². The van der Waals surface area contributed by atoms with Crippen molar-refractivity contribution in [3.05, 3.63) is 29.0 Å². The van der Waals surface area contributed by atoms with E-state index < -0.39 is 17.1 Å². The van der Waals surface area contributed by atoms with Gasteiger partial charge in [-0.2, -0.15) is 0 Å². The molecule has 118 valence electrons. The van der Waals surface area contributed by atoms with Crippen LogP contribution in [0.3, 0.4) is 0 Å². The number of hydrogen-bond donors (Lipinski definition) is 3. The van der Waals surface area contributed by atoms with Crippen molar-refractivity contribution < 1.29 is 19.4 Å². The predicted octanol–water partition coefficient (Wildman–Crippen LogP) is 1.34. The summed E-state index contributed by atoms with van der Waals surface area (Å²) in [5.74, 6) is -0.970. The SMILES string of the molecule is CN(CC(=O)Nc1cc(Cl)ccc1F)CC(C)(CO)CO. The lowest BCUT2D eigenvalue weighted by molar-refractivity contribution is -0.117. The molecule has 0 aromatic heterocycles. The van der Waals surface area contributed by atoms with E-state index in [1.165, 1.54) is 18.2 Å². The van der Waals surface area contributed by atoms with Crippen molar-refractivity contribution in [1.29, 1.82) is 0 Å². The Bertz CT molecular complexity index is 495. The van der Waals surface area contributed by atoms with Gasteiger partial charge >= 0.3 is 0 Å². The standard InChI is InChI=1S/C14H20ClFN2O3/c1-14(8-19,9-20)7-18(2)6-13(21)17-12-5-10(15)3-4-11(12)16/h3-5,19-20H,6-9H2,1-2H3,(H,17,21). The summed E-state index contributed by atoms with van der Waals surface area (Å²) in [6.45, 7) is 1.64. The summed E-state index contributed by atoms with van der Waals surface area (Å²) in [5.41, 5.74) is -0.677. The number of amides is 1. The number of aliphatic hydroxyl groups excluding tert-OH is 2. The van der Waals surface area contributed by atoms with E-state index in [2.05, 4.69) is 5.32 Å². The molecule has 0 heterocycles. The summed E-state index contributed by atoms with van der Waals surface area (Å²) in [6, 6.07) is 3.91. The molecule has 0 aliphatic carbocycles. The highest BCUT2D eigenvalue weighted by molar-refractivity contribution is 6.30. The Labute approximate surface area is 128 Å². The summed E-state index contributed by atoms with van der Waals surface area (Å²) in [7, 11) is 1.68. The Morgan fingerprint density at radius 1 is 1.43 bits per heavy atom. The minimum Gasteiger partial charge on any atom is -0.396 e. The number of nitrogens with one attached hydrogen (secondary N) is 1. The molecule has 1 rings (SSSR count). The van der Waals surface area contributed by atoms with Gasteiger partial charge in [-0.1, -0.05) is 18.5 Å². The monoisotopic (exact) mass is 318 g/mol. The maximum atomic E-state index is 13.5. The van der Waals surface area contributed by atoms with Crippen molar-refractivity contribution in [3.63, 3.8) is 0 Å². The number of hydrogen-bond acceptors (Lipinski definition) is 4. The molecule has 0 aliphatic rings. The number of nitrogens with zero attached hydrogens (tertiary/aromatic N) is 1. The van der Waals surface area contributed by atoms with Crippen LogP contribution in [0.25, 0.3) is 0 Å². The molecule has 1 aromatic carbocycles. The summed E-state index contributed by atoms with van der Waals surface area (Å²) >= 11 is 5.75. The fraction of sp³-hybridized carbons (Fsp3) is 0.500. The van der Waals surface area contributed by atoms with Crippen LogP contribution in [0, 0.1) is 11.2 Å². The molecule has 0 unspecified atom stereocenters. The Morgan fingerprint density at radius 2 is 2.05 bits per heavy atom. The van der Waals surface area contributed by atoms with Gasteiger partial charge in [-0.3, -0.25) is 9.69 Å². The number of aliphatic hydroxyl groups is 2. The van der Waals surface area contributed by atoms with Gasteiger partial charge in [0.2, 0.25) is 5.91 Å². The van der Waals surface area contributed by atoms with E-state index in [0.29, 0.717) is 11.6 Å². The molecular weight excluding hydrogens is 299 g/mol. The van der Waals surface area contributed by atoms with Crippen molar-refractivity contribution in [2.45, 2.75) is 6.92 Å². The first-order valence-corrected chi connectivity index (χ1v) is 6.82. The van der Waals surface area contributed by atoms with Crippen molar-refractivity contribution in [3.8, 4) is 0 Å². The van der Waals surface area contributed by atoms with E-state index in [-0.39, 0.29) is 25.4 Å². The average Bonchev–Trinajstić information content (AvgIpc) is 2.42. The molecule has 0 fully saturated rings.